The predicted molar refractivity (Wildman–Crippen MR) is 105 cm³/mol. The van der Waals surface area contributed by atoms with Crippen LogP contribution in [0.2, 0.25) is 0 Å². The minimum atomic E-state index is -1.24. The molecule has 0 aliphatic carbocycles. The number of carbonyl (C=O) groups is 2. The molecule has 0 aromatic heterocycles. The third-order valence-corrected chi connectivity index (χ3v) is 4.31. The van der Waals surface area contributed by atoms with Gasteiger partial charge < -0.3 is 20.1 Å². The molecule has 0 unspecified atom stereocenters. The molecule has 2 aromatic rings. The molecule has 0 saturated heterocycles. The van der Waals surface area contributed by atoms with E-state index in [1.165, 1.54) is 14.2 Å². The molecule has 0 spiro atoms. The average molecular weight is 370 g/mol. The highest BCUT2D eigenvalue weighted by Crippen LogP contribution is 2.30. The van der Waals surface area contributed by atoms with E-state index in [9.17, 15) is 9.59 Å². The van der Waals surface area contributed by atoms with Gasteiger partial charge in [-0.05, 0) is 38.5 Å². The minimum absolute atomic E-state index is 0.345. The molecule has 2 amide bonds. The van der Waals surface area contributed by atoms with E-state index in [4.69, 9.17) is 9.47 Å². The number of amides is 2. The molecule has 2 N–H and O–H groups in total. The van der Waals surface area contributed by atoms with Crippen molar-refractivity contribution < 1.29 is 19.1 Å². The molecule has 0 aliphatic heterocycles. The Morgan fingerprint density at radius 2 is 1.67 bits per heavy atom. The Hall–Kier alpha value is -3.02. The van der Waals surface area contributed by atoms with Gasteiger partial charge in [0.15, 0.2) is 11.5 Å². The van der Waals surface area contributed by atoms with Gasteiger partial charge in [0, 0.05) is 18.3 Å². The lowest BCUT2D eigenvalue weighted by Gasteiger charge is -2.23. The van der Waals surface area contributed by atoms with Crippen molar-refractivity contribution in [2.45, 2.75) is 27.3 Å². The Bertz CT molecular complexity index is 831. The van der Waals surface area contributed by atoms with Crippen molar-refractivity contribution in [3.8, 4) is 11.5 Å². The summed E-state index contributed by atoms with van der Waals surface area (Å²) in [4.78, 5) is 25.2. The van der Waals surface area contributed by atoms with Crippen LogP contribution in [-0.4, -0.2) is 26.0 Å². The van der Waals surface area contributed by atoms with Gasteiger partial charge in [-0.15, -0.1) is 0 Å². The zero-order chi connectivity index (χ0) is 20.0. The lowest BCUT2D eigenvalue weighted by Crippen LogP contribution is -2.44. The summed E-state index contributed by atoms with van der Waals surface area (Å²) in [5.74, 6) is 0.307. The zero-order valence-corrected chi connectivity index (χ0v) is 16.4. The number of ether oxygens (including phenoxy) is 2. The second-order valence-electron chi connectivity index (χ2n) is 6.82. The Kier molecular flexibility index (Phi) is 6.45. The number of anilines is 1. The van der Waals surface area contributed by atoms with Crippen molar-refractivity contribution in [3.63, 3.8) is 0 Å². The van der Waals surface area contributed by atoms with Crippen LogP contribution in [0.25, 0.3) is 0 Å². The van der Waals surface area contributed by atoms with Crippen molar-refractivity contribution in [2.24, 2.45) is 5.41 Å². The second kappa shape index (κ2) is 8.58. The van der Waals surface area contributed by atoms with Gasteiger partial charge in [-0.2, -0.15) is 0 Å². The van der Waals surface area contributed by atoms with Gasteiger partial charge in [0.1, 0.15) is 5.41 Å². The van der Waals surface area contributed by atoms with Crippen LogP contribution in [-0.2, 0) is 16.1 Å². The SMILES string of the molecule is COc1ccc(NC(=O)C(C)(C)C(=O)NCc2cccc(C)c2)cc1OC. The fourth-order valence-corrected chi connectivity index (χ4v) is 2.53. The molecule has 0 radical (unpaired) electrons. The molecule has 6 heteroatoms. The van der Waals surface area contributed by atoms with Crippen LogP contribution in [0, 0.1) is 12.3 Å². The molecule has 0 fully saturated rings. The van der Waals surface area contributed by atoms with Crippen LogP contribution < -0.4 is 20.1 Å². The van der Waals surface area contributed by atoms with E-state index >= 15 is 0 Å². The number of carbonyl (C=O) groups excluding carboxylic acids is 2. The molecule has 144 valence electrons. The number of hydrogen-bond acceptors (Lipinski definition) is 4. The summed E-state index contributed by atoms with van der Waals surface area (Å²) in [5, 5.41) is 5.59. The molecule has 2 rings (SSSR count). The molecule has 0 aliphatic rings. The first-order chi connectivity index (χ1) is 12.8. The van der Waals surface area contributed by atoms with Gasteiger partial charge >= 0.3 is 0 Å². The molecule has 27 heavy (non-hydrogen) atoms. The van der Waals surface area contributed by atoms with E-state index in [1.54, 1.807) is 32.0 Å². The first kappa shape index (κ1) is 20.3. The maximum absolute atomic E-state index is 12.7. The topological polar surface area (TPSA) is 76.7 Å². The third-order valence-electron chi connectivity index (χ3n) is 4.31. The van der Waals surface area contributed by atoms with E-state index in [-0.39, 0.29) is 5.91 Å². The van der Waals surface area contributed by atoms with E-state index in [1.807, 2.05) is 31.2 Å². The van der Waals surface area contributed by atoms with Gasteiger partial charge in [0.2, 0.25) is 11.8 Å². The fraction of sp³-hybridized carbons (Fsp3) is 0.333. The van der Waals surface area contributed by atoms with Crippen LogP contribution in [0.1, 0.15) is 25.0 Å². The number of rotatable bonds is 7. The summed E-state index contributed by atoms with van der Waals surface area (Å²) in [6.45, 7) is 5.54. The lowest BCUT2D eigenvalue weighted by atomic mass is 9.90. The number of nitrogens with one attached hydrogen (secondary N) is 2. The first-order valence-electron chi connectivity index (χ1n) is 8.65. The highest BCUT2D eigenvalue weighted by Gasteiger charge is 2.36. The van der Waals surface area contributed by atoms with E-state index in [0.717, 1.165) is 11.1 Å². The highest BCUT2D eigenvalue weighted by atomic mass is 16.5. The molecule has 0 heterocycles. The number of aryl methyl sites for hydroxylation is 1. The standard InChI is InChI=1S/C21H26N2O4/c1-14-7-6-8-15(11-14)13-22-19(24)21(2,3)20(25)23-16-9-10-17(26-4)18(12-16)27-5/h6-12H,13H2,1-5H3,(H,22,24)(H,23,25). The second-order valence-corrected chi connectivity index (χ2v) is 6.82. The van der Waals surface area contributed by atoms with Crippen molar-refractivity contribution in [2.75, 3.05) is 19.5 Å². The van der Waals surface area contributed by atoms with E-state index in [0.29, 0.717) is 23.7 Å². The van der Waals surface area contributed by atoms with Gasteiger partial charge in [0.05, 0.1) is 14.2 Å². The smallest absolute Gasteiger partial charge is 0.239 e. The molecular formula is C21H26N2O4. The van der Waals surface area contributed by atoms with Crippen LogP contribution in [0.3, 0.4) is 0 Å². The van der Waals surface area contributed by atoms with Crippen molar-refractivity contribution in [1.82, 2.24) is 5.32 Å². The van der Waals surface area contributed by atoms with E-state index in [2.05, 4.69) is 10.6 Å². The van der Waals surface area contributed by atoms with Gasteiger partial charge in [-0.25, -0.2) is 0 Å². The lowest BCUT2D eigenvalue weighted by molar-refractivity contribution is -0.138. The van der Waals surface area contributed by atoms with Crippen molar-refractivity contribution in [3.05, 3.63) is 53.6 Å². The van der Waals surface area contributed by atoms with Crippen LogP contribution in [0.15, 0.2) is 42.5 Å². The van der Waals surface area contributed by atoms with E-state index < -0.39 is 11.3 Å². The summed E-state index contributed by atoms with van der Waals surface area (Å²) in [6, 6.07) is 12.9. The van der Waals surface area contributed by atoms with Gasteiger partial charge in [-0.1, -0.05) is 29.8 Å². The van der Waals surface area contributed by atoms with Gasteiger partial charge in [-0.3, -0.25) is 9.59 Å². The Labute approximate surface area is 159 Å². The number of benzene rings is 2. The Morgan fingerprint density at radius 1 is 0.963 bits per heavy atom. The van der Waals surface area contributed by atoms with Crippen molar-refractivity contribution >= 4 is 17.5 Å². The zero-order valence-electron chi connectivity index (χ0n) is 16.4. The molecule has 0 atom stereocenters. The van der Waals surface area contributed by atoms with Crippen LogP contribution in [0.4, 0.5) is 5.69 Å². The molecule has 2 aromatic carbocycles. The van der Waals surface area contributed by atoms with Gasteiger partial charge in [0.25, 0.3) is 0 Å². The molecule has 0 bridgehead atoms. The maximum atomic E-state index is 12.7. The first-order valence-corrected chi connectivity index (χ1v) is 8.65. The highest BCUT2D eigenvalue weighted by molar-refractivity contribution is 6.09. The molecule has 6 nitrogen and oxygen atoms in total. The fourth-order valence-electron chi connectivity index (χ4n) is 2.53. The number of methoxy groups -OCH3 is 2. The summed E-state index contributed by atoms with van der Waals surface area (Å²) < 4.78 is 10.4. The summed E-state index contributed by atoms with van der Waals surface area (Å²) >= 11 is 0. The van der Waals surface area contributed by atoms with Crippen LogP contribution in [0.5, 0.6) is 11.5 Å². The maximum Gasteiger partial charge on any atom is 0.239 e. The number of hydrogen-bond donors (Lipinski definition) is 2. The molecule has 0 saturated carbocycles. The predicted octanol–water partition coefficient (Wildman–Crippen LogP) is 3.29. The quantitative estimate of drug-likeness (QED) is 0.733. The van der Waals surface area contributed by atoms with Crippen LogP contribution >= 0.6 is 0 Å². The summed E-state index contributed by atoms with van der Waals surface area (Å²) in [7, 11) is 3.06. The normalized spacial score (nSPS) is 10.9. The Balaban J connectivity index is 2.04. The molecular weight excluding hydrogens is 344 g/mol. The summed E-state index contributed by atoms with van der Waals surface area (Å²) in [5.41, 5.74) is 1.39. The average Bonchev–Trinajstić information content (AvgIpc) is 2.65. The minimum Gasteiger partial charge on any atom is -0.493 e. The Morgan fingerprint density at radius 3 is 2.30 bits per heavy atom. The largest absolute Gasteiger partial charge is 0.493 e. The summed E-state index contributed by atoms with van der Waals surface area (Å²) in [6.07, 6.45) is 0. The monoisotopic (exact) mass is 370 g/mol. The third kappa shape index (κ3) is 5.00. The van der Waals surface area contributed by atoms with Crippen molar-refractivity contribution in [1.29, 1.82) is 0 Å².